The molecule has 0 aliphatic rings. The molecule has 136 valence electrons. The average molecular weight is 371 g/mol. The summed E-state index contributed by atoms with van der Waals surface area (Å²) in [6, 6.07) is 4.68. The minimum atomic E-state index is -4.29. The maximum Gasteiger partial charge on any atom is 0.246 e. The van der Waals surface area contributed by atoms with Crippen molar-refractivity contribution in [2.24, 2.45) is 0 Å². The summed E-state index contributed by atoms with van der Waals surface area (Å²) in [4.78, 5) is 9.27. The Hall–Kier alpha value is -2.33. The molecule has 0 radical (unpaired) electrons. The van der Waals surface area contributed by atoms with Gasteiger partial charge in [-0.1, -0.05) is 6.07 Å². The molecule has 0 aliphatic heterocycles. The molecule has 0 unspecified atom stereocenters. The molecule has 0 atom stereocenters. The second-order valence-electron chi connectivity index (χ2n) is 5.46. The topological polar surface area (TPSA) is 87.2 Å². The average Bonchev–Trinajstić information content (AvgIpc) is 2.50. The van der Waals surface area contributed by atoms with Gasteiger partial charge in [-0.15, -0.1) is 0 Å². The Bertz CT molecular complexity index is 839. The highest BCUT2D eigenvalue weighted by Crippen LogP contribution is 2.17. The van der Waals surface area contributed by atoms with E-state index in [1.165, 1.54) is 0 Å². The van der Waals surface area contributed by atoms with E-state index in [0.717, 1.165) is 23.9 Å². The van der Waals surface area contributed by atoms with Crippen LogP contribution < -0.4 is 14.9 Å². The predicted octanol–water partition coefficient (Wildman–Crippen LogP) is 1.52. The lowest BCUT2D eigenvalue weighted by molar-refractivity contribution is 0.514. The number of benzene rings is 1. The Morgan fingerprint density at radius 3 is 2.36 bits per heavy atom. The number of hydrogen-bond donors (Lipinski definition) is 2. The van der Waals surface area contributed by atoms with Gasteiger partial charge in [-0.2, -0.15) is 4.98 Å². The molecule has 0 saturated carbocycles. The van der Waals surface area contributed by atoms with E-state index in [1.807, 2.05) is 25.9 Å². The Kier molecular flexibility index (Phi) is 5.85. The number of nitrogens with one attached hydrogen (secondary N) is 2. The molecule has 2 rings (SSSR count). The molecule has 0 bridgehead atoms. The molecule has 0 amide bonds. The first kappa shape index (κ1) is 19.0. The van der Waals surface area contributed by atoms with Gasteiger partial charge >= 0.3 is 0 Å². The molecule has 1 aromatic heterocycles. The number of aromatic nitrogens is 2. The Labute approximate surface area is 145 Å². The number of rotatable bonds is 7. The minimum absolute atomic E-state index is 0.0926. The van der Waals surface area contributed by atoms with Gasteiger partial charge in [0.2, 0.25) is 16.0 Å². The van der Waals surface area contributed by atoms with Crippen LogP contribution in [0.4, 0.5) is 20.5 Å². The maximum absolute atomic E-state index is 13.6. The number of anilines is 2. The summed E-state index contributed by atoms with van der Waals surface area (Å²) in [6.07, 6.45) is 0. The van der Waals surface area contributed by atoms with Gasteiger partial charge in [0.15, 0.2) is 4.90 Å². The van der Waals surface area contributed by atoms with E-state index < -0.39 is 26.6 Å². The molecule has 0 saturated heterocycles. The van der Waals surface area contributed by atoms with Gasteiger partial charge in [0.05, 0.1) is 0 Å². The van der Waals surface area contributed by atoms with E-state index in [9.17, 15) is 17.2 Å². The van der Waals surface area contributed by atoms with Crippen molar-refractivity contribution in [1.29, 1.82) is 0 Å². The number of halogens is 2. The zero-order valence-corrected chi connectivity index (χ0v) is 14.9. The molecule has 1 aromatic carbocycles. The van der Waals surface area contributed by atoms with Gasteiger partial charge < -0.3 is 10.2 Å². The molecule has 0 spiro atoms. The summed E-state index contributed by atoms with van der Waals surface area (Å²) in [5.74, 6) is -1.25. The SMILES string of the molecule is Cc1cc(N(C)C)nc(NCCNS(=O)(=O)c2c(F)cccc2F)n1. The summed E-state index contributed by atoms with van der Waals surface area (Å²) >= 11 is 0. The maximum atomic E-state index is 13.6. The van der Waals surface area contributed by atoms with Gasteiger partial charge in [0.25, 0.3) is 0 Å². The quantitative estimate of drug-likeness (QED) is 0.718. The fraction of sp³-hybridized carbons (Fsp3) is 0.333. The number of aryl methyl sites for hydroxylation is 1. The molecule has 10 heteroatoms. The third-order valence-corrected chi connectivity index (χ3v) is 4.70. The van der Waals surface area contributed by atoms with Crippen molar-refractivity contribution in [3.63, 3.8) is 0 Å². The smallest absolute Gasteiger partial charge is 0.246 e. The van der Waals surface area contributed by atoms with Crippen molar-refractivity contribution < 1.29 is 17.2 Å². The molecule has 0 fully saturated rings. The zero-order valence-electron chi connectivity index (χ0n) is 14.0. The van der Waals surface area contributed by atoms with Crippen molar-refractivity contribution in [1.82, 2.24) is 14.7 Å². The fourth-order valence-corrected chi connectivity index (χ4v) is 3.20. The molecule has 1 heterocycles. The summed E-state index contributed by atoms with van der Waals surface area (Å²) in [5.41, 5.74) is 0.746. The Morgan fingerprint density at radius 2 is 1.76 bits per heavy atom. The van der Waals surface area contributed by atoms with Crippen molar-refractivity contribution in [2.45, 2.75) is 11.8 Å². The second-order valence-corrected chi connectivity index (χ2v) is 7.16. The molecular weight excluding hydrogens is 352 g/mol. The molecule has 2 N–H and O–H groups in total. The third-order valence-electron chi connectivity index (χ3n) is 3.19. The third kappa shape index (κ3) is 4.83. The van der Waals surface area contributed by atoms with E-state index in [-0.39, 0.29) is 13.1 Å². The standard InChI is InChI=1S/C15H19F2N5O2S/c1-10-9-13(22(2)3)21-15(20-10)18-7-8-19-25(23,24)14-11(16)5-4-6-12(14)17/h4-6,9,19H,7-8H2,1-3H3,(H,18,20,21). The van der Waals surface area contributed by atoms with Crippen LogP contribution in [0.5, 0.6) is 0 Å². The van der Waals surface area contributed by atoms with Crippen molar-refractivity contribution in [2.75, 3.05) is 37.4 Å². The first-order chi connectivity index (χ1) is 11.7. The van der Waals surface area contributed by atoms with E-state index in [0.29, 0.717) is 11.8 Å². The Balaban J connectivity index is 1.99. The molecule has 2 aromatic rings. The number of nitrogens with zero attached hydrogens (tertiary/aromatic N) is 3. The van der Waals surface area contributed by atoms with Crippen LogP contribution in [-0.4, -0.2) is 45.6 Å². The van der Waals surface area contributed by atoms with Crippen LogP contribution in [0.1, 0.15) is 5.69 Å². The van der Waals surface area contributed by atoms with Crippen molar-refractivity contribution in [3.05, 3.63) is 41.6 Å². The first-order valence-corrected chi connectivity index (χ1v) is 8.89. The van der Waals surface area contributed by atoms with Crippen molar-refractivity contribution >= 4 is 21.8 Å². The van der Waals surface area contributed by atoms with Crippen LogP contribution in [0.3, 0.4) is 0 Å². The van der Waals surface area contributed by atoms with Gasteiger partial charge in [-0.05, 0) is 19.1 Å². The lowest BCUT2D eigenvalue weighted by atomic mass is 10.3. The van der Waals surface area contributed by atoms with Crippen LogP contribution in [-0.2, 0) is 10.0 Å². The van der Waals surface area contributed by atoms with E-state index in [4.69, 9.17) is 0 Å². The van der Waals surface area contributed by atoms with E-state index >= 15 is 0 Å². The highest BCUT2D eigenvalue weighted by molar-refractivity contribution is 7.89. The minimum Gasteiger partial charge on any atom is -0.363 e. The molecular formula is C15H19F2N5O2S. The van der Waals surface area contributed by atoms with Gasteiger partial charge in [-0.3, -0.25) is 0 Å². The monoisotopic (exact) mass is 371 g/mol. The zero-order chi connectivity index (χ0) is 18.6. The predicted molar refractivity (Wildman–Crippen MR) is 91.1 cm³/mol. The summed E-state index contributed by atoms with van der Waals surface area (Å²) in [6.45, 7) is 1.86. The van der Waals surface area contributed by atoms with E-state index in [2.05, 4.69) is 20.0 Å². The molecule has 25 heavy (non-hydrogen) atoms. The molecule has 0 aliphatic carbocycles. The normalized spacial score (nSPS) is 11.4. The van der Waals surface area contributed by atoms with Crippen LogP contribution >= 0.6 is 0 Å². The van der Waals surface area contributed by atoms with Crippen LogP contribution in [0.25, 0.3) is 0 Å². The van der Waals surface area contributed by atoms with Gasteiger partial charge in [0.1, 0.15) is 17.5 Å². The van der Waals surface area contributed by atoms with Crippen LogP contribution in [0.2, 0.25) is 0 Å². The summed E-state index contributed by atoms with van der Waals surface area (Å²) in [7, 11) is -0.623. The number of hydrogen-bond acceptors (Lipinski definition) is 6. The van der Waals surface area contributed by atoms with Crippen molar-refractivity contribution in [3.8, 4) is 0 Å². The second kappa shape index (κ2) is 7.70. The highest BCUT2D eigenvalue weighted by atomic mass is 32.2. The highest BCUT2D eigenvalue weighted by Gasteiger charge is 2.23. The fourth-order valence-electron chi connectivity index (χ4n) is 2.03. The Morgan fingerprint density at radius 1 is 1.12 bits per heavy atom. The first-order valence-electron chi connectivity index (χ1n) is 7.41. The van der Waals surface area contributed by atoms with Gasteiger partial charge in [0, 0.05) is 38.9 Å². The molecule has 7 nitrogen and oxygen atoms in total. The lowest BCUT2D eigenvalue weighted by Crippen LogP contribution is -2.30. The lowest BCUT2D eigenvalue weighted by Gasteiger charge is -2.14. The van der Waals surface area contributed by atoms with Crippen LogP contribution in [0, 0.1) is 18.6 Å². The largest absolute Gasteiger partial charge is 0.363 e. The van der Waals surface area contributed by atoms with E-state index in [1.54, 1.807) is 6.07 Å². The van der Waals surface area contributed by atoms with Crippen LogP contribution in [0.15, 0.2) is 29.2 Å². The number of sulfonamides is 1. The van der Waals surface area contributed by atoms with Gasteiger partial charge in [-0.25, -0.2) is 26.9 Å². The summed E-state index contributed by atoms with van der Waals surface area (Å²) in [5, 5.41) is 2.87. The summed E-state index contributed by atoms with van der Waals surface area (Å²) < 4.78 is 53.4.